The van der Waals surface area contributed by atoms with Gasteiger partial charge in [0.25, 0.3) is 0 Å². The van der Waals surface area contributed by atoms with Crippen LogP contribution in [0.1, 0.15) is 40.0 Å². The van der Waals surface area contributed by atoms with Crippen molar-refractivity contribution in [3.05, 3.63) is 11.6 Å². The molecule has 4 aliphatic rings. The Morgan fingerprint density at radius 3 is 2.78 bits per heavy atom. The average molecular weight is 250 g/mol. The number of ether oxygens (including phenoxy) is 2. The van der Waals surface area contributed by atoms with Crippen molar-refractivity contribution in [2.75, 3.05) is 6.61 Å². The number of aliphatic hydroxyl groups is 1. The molecule has 1 saturated carbocycles. The van der Waals surface area contributed by atoms with Crippen molar-refractivity contribution < 1.29 is 14.6 Å². The number of hydrogen-bond donors (Lipinski definition) is 1. The van der Waals surface area contributed by atoms with Crippen molar-refractivity contribution >= 4 is 0 Å². The van der Waals surface area contributed by atoms with Crippen LogP contribution in [0.15, 0.2) is 11.6 Å². The van der Waals surface area contributed by atoms with Gasteiger partial charge in [-0.1, -0.05) is 25.5 Å². The lowest BCUT2D eigenvalue weighted by atomic mass is 9.52. The number of rotatable bonds is 0. The Kier molecular flexibility index (Phi) is 1.92. The molecular weight excluding hydrogens is 228 g/mol. The van der Waals surface area contributed by atoms with Crippen LogP contribution in [0.2, 0.25) is 0 Å². The maximum atomic E-state index is 10.6. The third-order valence-electron chi connectivity index (χ3n) is 6.56. The first-order valence-corrected chi connectivity index (χ1v) is 7.09. The standard InChI is InChI=1S/C15H22O3/c1-9-4-5-13(2)11(6-9)18-12-7-10(16)14(13,3)15(12)8-17-15/h6,10-12,16H,4-5,7-8H2,1-3H3/t10-,11?,12?,13+,14-,15?/m1/s1. The molecule has 0 aromatic carbocycles. The summed E-state index contributed by atoms with van der Waals surface area (Å²) in [7, 11) is 0. The van der Waals surface area contributed by atoms with E-state index in [1.165, 1.54) is 5.57 Å². The molecule has 3 fully saturated rings. The average Bonchev–Trinajstić information content (AvgIpc) is 3.08. The molecule has 0 aromatic rings. The Hall–Kier alpha value is -0.380. The topological polar surface area (TPSA) is 42.0 Å². The van der Waals surface area contributed by atoms with E-state index in [0.29, 0.717) is 0 Å². The third kappa shape index (κ3) is 0.972. The summed E-state index contributed by atoms with van der Waals surface area (Å²) < 4.78 is 12.1. The second-order valence-corrected chi connectivity index (χ2v) is 7.11. The molecule has 3 unspecified atom stereocenters. The Morgan fingerprint density at radius 2 is 2.11 bits per heavy atom. The second kappa shape index (κ2) is 3.02. The third-order valence-corrected chi connectivity index (χ3v) is 6.56. The highest BCUT2D eigenvalue weighted by Gasteiger charge is 2.80. The zero-order valence-corrected chi connectivity index (χ0v) is 11.4. The summed E-state index contributed by atoms with van der Waals surface area (Å²) in [6.07, 6.45) is 5.14. The van der Waals surface area contributed by atoms with E-state index in [9.17, 15) is 5.11 Å². The smallest absolute Gasteiger partial charge is 0.126 e. The van der Waals surface area contributed by atoms with E-state index in [1.54, 1.807) is 0 Å². The van der Waals surface area contributed by atoms with Crippen LogP contribution in [0.5, 0.6) is 0 Å². The van der Waals surface area contributed by atoms with Gasteiger partial charge in [0.15, 0.2) is 0 Å². The molecule has 0 radical (unpaired) electrons. The molecule has 4 rings (SSSR count). The molecule has 18 heavy (non-hydrogen) atoms. The van der Waals surface area contributed by atoms with Crippen LogP contribution in [0.4, 0.5) is 0 Å². The van der Waals surface area contributed by atoms with Crippen LogP contribution < -0.4 is 0 Å². The molecular formula is C15H22O3. The van der Waals surface area contributed by atoms with Crippen molar-refractivity contribution in [3.8, 4) is 0 Å². The van der Waals surface area contributed by atoms with Gasteiger partial charge in [-0.2, -0.15) is 0 Å². The monoisotopic (exact) mass is 250 g/mol. The van der Waals surface area contributed by atoms with E-state index in [4.69, 9.17) is 9.47 Å². The second-order valence-electron chi connectivity index (χ2n) is 7.11. The summed E-state index contributed by atoms with van der Waals surface area (Å²) in [5, 5.41) is 10.6. The van der Waals surface area contributed by atoms with Crippen LogP contribution in [-0.2, 0) is 9.47 Å². The van der Waals surface area contributed by atoms with Crippen LogP contribution in [-0.4, -0.2) is 35.6 Å². The number of hydrogen-bond acceptors (Lipinski definition) is 3. The molecule has 0 amide bonds. The van der Waals surface area contributed by atoms with Crippen LogP contribution in [0.3, 0.4) is 0 Å². The van der Waals surface area contributed by atoms with Gasteiger partial charge in [-0.15, -0.1) is 0 Å². The fraction of sp³-hybridized carbons (Fsp3) is 0.867. The van der Waals surface area contributed by atoms with Gasteiger partial charge in [0.05, 0.1) is 24.9 Å². The van der Waals surface area contributed by atoms with Crippen molar-refractivity contribution in [2.24, 2.45) is 10.8 Å². The summed E-state index contributed by atoms with van der Waals surface area (Å²) in [6, 6.07) is 0. The van der Waals surface area contributed by atoms with E-state index >= 15 is 0 Å². The summed E-state index contributed by atoms with van der Waals surface area (Å²) in [6.45, 7) is 7.46. The molecule has 2 bridgehead atoms. The van der Waals surface area contributed by atoms with Gasteiger partial charge < -0.3 is 14.6 Å². The normalized spacial score (nSPS) is 61.6. The van der Waals surface area contributed by atoms with Gasteiger partial charge in [-0.05, 0) is 19.8 Å². The predicted molar refractivity (Wildman–Crippen MR) is 67.2 cm³/mol. The zero-order chi connectivity index (χ0) is 12.8. The first kappa shape index (κ1) is 11.4. The Bertz CT molecular complexity index is 439. The molecule has 2 aliphatic carbocycles. The summed E-state index contributed by atoms with van der Waals surface area (Å²) in [5.74, 6) is 0. The fourth-order valence-electron chi connectivity index (χ4n) is 4.88. The van der Waals surface area contributed by atoms with E-state index < -0.39 is 0 Å². The van der Waals surface area contributed by atoms with Crippen LogP contribution in [0, 0.1) is 10.8 Å². The van der Waals surface area contributed by atoms with Gasteiger partial charge in [0.1, 0.15) is 5.60 Å². The maximum Gasteiger partial charge on any atom is 0.126 e. The zero-order valence-electron chi connectivity index (χ0n) is 11.4. The van der Waals surface area contributed by atoms with Crippen molar-refractivity contribution in [3.63, 3.8) is 0 Å². The summed E-state index contributed by atoms with van der Waals surface area (Å²) in [4.78, 5) is 0. The van der Waals surface area contributed by atoms with Gasteiger partial charge in [0, 0.05) is 17.3 Å². The lowest BCUT2D eigenvalue weighted by Gasteiger charge is -2.57. The highest BCUT2D eigenvalue weighted by Crippen LogP contribution is 2.71. The minimum absolute atomic E-state index is 0.00454. The fourth-order valence-corrected chi connectivity index (χ4v) is 4.88. The van der Waals surface area contributed by atoms with E-state index in [1.807, 2.05) is 0 Å². The lowest BCUT2D eigenvalue weighted by Crippen LogP contribution is -2.63. The number of aliphatic hydroxyl groups excluding tert-OH is 1. The quantitative estimate of drug-likeness (QED) is 0.528. The largest absolute Gasteiger partial charge is 0.392 e. The molecule has 2 heterocycles. The van der Waals surface area contributed by atoms with E-state index in [0.717, 1.165) is 25.9 Å². The van der Waals surface area contributed by atoms with Gasteiger partial charge in [0.2, 0.25) is 0 Å². The van der Waals surface area contributed by atoms with Crippen molar-refractivity contribution in [2.45, 2.75) is 63.9 Å². The van der Waals surface area contributed by atoms with Gasteiger partial charge >= 0.3 is 0 Å². The first-order chi connectivity index (χ1) is 8.44. The molecule has 2 saturated heterocycles. The van der Waals surface area contributed by atoms with Crippen molar-refractivity contribution in [1.29, 1.82) is 0 Å². The minimum atomic E-state index is -0.299. The first-order valence-electron chi connectivity index (χ1n) is 7.09. The van der Waals surface area contributed by atoms with E-state index in [-0.39, 0.29) is 34.7 Å². The molecule has 3 heteroatoms. The number of fused-ring (bicyclic) bond motifs is 2. The predicted octanol–water partition coefficient (Wildman–Crippen LogP) is 2.04. The Morgan fingerprint density at radius 1 is 1.39 bits per heavy atom. The number of epoxide rings is 1. The van der Waals surface area contributed by atoms with E-state index in [2.05, 4.69) is 26.8 Å². The lowest BCUT2D eigenvalue weighted by molar-refractivity contribution is -0.204. The van der Waals surface area contributed by atoms with Gasteiger partial charge in [-0.25, -0.2) is 0 Å². The molecule has 1 spiro atoms. The highest BCUT2D eigenvalue weighted by atomic mass is 16.6. The Labute approximate surface area is 108 Å². The molecule has 1 N–H and O–H groups in total. The van der Waals surface area contributed by atoms with Crippen molar-refractivity contribution in [1.82, 2.24) is 0 Å². The van der Waals surface area contributed by atoms with Crippen LogP contribution >= 0.6 is 0 Å². The summed E-state index contributed by atoms with van der Waals surface area (Å²) in [5.41, 5.74) is 1.05. The molecule has 2 aliphatic heterocycles. The minimum Gasteiger partial charge on any atom is -0.392 e. The summed E-state index contributed by atoms with van der Waals surface area (Å²) >= 11 is 0. The van der Waals surface area contributed by atoms with Crippen LogP contribution in [0.25, 0.3) is 0 Å². The molecule has 0 aromatic heterocycles. The maximum absolute atomic E-state index is 10.6. The molecule has 6 atom stereocenters. The Balaban J connectivity index is 1.88. The molecule has 100 valence electrons. The van der Waals surface area contributed by atoms with Gasteiger partial charge in [-0.3, -0.25) is 0 Å². The highest BCUT2D eigenvalue weighted by molar-refractivity contribution is 5.31. The SMILES string of the molecule is CC1=CC2OC3C[C@@H](O)[C@@](C)(C34CO4)[C@@]2(C)CC1. The molecule has 3 nitrogen and oxygen atoms in total. The number of allylic oxidation sites excluding steroid dienone is 1.